The van der Waals surface area contributed by atoms with E-state index < -0.39 is 0 Å². The van der Waals surface area contributed by atoms with Gasteiger partial charge in [-0.15, -0.1) is 0 Å². The van der Waals surface area contributed by atoms with Gasteiger partial charge in [0.05, 0.1) is 19.3 Å². The van der Waals surface area contributed by atoms with Gasteiger partial charge in [-0.05, 0) is 12.8 Å². The quantitative estimate of drug-likeness (QED) is 0.840. The Hall–Kier alpha value is -0.720. The van der Waals surface area contributed by atoms with E-state index in [1.807, 2.05) is 0 Å². The highest BCUT2D eigenvalue weighted by Gasteiger charge is 2.29. The summed E-state index contributed by atoms with van der Waals surface area (Å²) in [5, 5.41) is 10.1. The van der Waals surface area contributed by atoms with E-state index in [2.05, 4.69) is 14.3 Å². The highest BCUT2D eigenvalue weighted by molar-refractivity contribution is 7.09. The van der Waals surface area contributed by atoms with Gasteiger partial charge in [-0.3, -0.25) is 0 Å². The summed E-state index contributed by atoms with van der Waals surface area (Å²) in [6, 6.07) is 0. The molecule has 0 spiro atoms. The fourth-order valence-electron chi connectivity index (χ4n) is 1.87. The highest BCUT2D eigenvalue weighted by atomic mass is 32.1. The average Bonchev–Trinajstić information content (AvgIpc) is 3.07. The second-order valence-electron chi connectivity index (χ2n) is 4.33. The van der Waals surface area contributed by atoms with E-state index in [1.165, 1.54) is 24.4 Å². The van der Waals surface area contributed by atoms with Crippen LogP contribution in [0.4, 0.5) is 5.13 Å². The van der Waals surface area contributed by atoms with Gasteiger partial charge in [0.25, 0.3) is 0 Å². The largest absolute Gasteiger partial charge is 0.394 e. The second-order valence-corrected chi connectivity index (χ2v) is 5.06. The molecule has 2 aliphatic rings. The summed E-state index contributed by atoms with van der Waals surface area (Å²) in [5.74, 6) is 1.62. The van der Waals surface area contributed by atoms with Crippen LogP contribution in [-0.2, 0) is 4.74 Å². The first-order chi connectivity index (χ1) is 7.86. The number of aromatic nitrogens is 2. The van der Waals surface area contributed by atoms with Gasteiger partial charge < -0.3 is 14.7 Å². The lowest BCUT2D eigenvalue weighted by molar-refractivity contribution is 0.00355. The third kappa shape index (κ3) is 2.05. The van der Waals surface area contributed by atoms with Crippen molar-refractivity contribution in [1.29, 1.82) is 0 Å². The maximum atomic E-state index is 9.07. The van der Waals surface area contributed by atoms with Crippen LogP contribution in [0.1, 0.15) is 24.6 Å². The Morgan fingerprint density at radius 1 is 1.50 bits per heavy atom. The van der Waals surface area contributed by atoms with E-state index in [9.17, 15) is 0 Å². The Balaban J connectivity index is 1.70. The van der Waals surface area contributed by atoms with Crippen LogP contribution >= 0.6 is 11.5 Å². The standard InChI is InChI=1S/C10H15N3O2S/c14-6-8-5-13(3-4-15-8)10-11-9(12-16-10)7-1-2-7/h7-8,14H,1-6H2. The Morgan fingerprint density at radius 2 is 2.38 bits per heavy atom. The molecular weight excluding hydrogens is 226 g/mol. The van der Waals surface area contributed by atoms with Crippen molar-refractivity contribution in [3.05, 3.63) is 5.82 Å². The minimum absolute atomic E-state index is 0.0742. The third-order valence-corrected chi connectivity index (χ3v) is 3.78. The molecule has 1 saturated heterocycles. The smallest absolute Gasteiger partial charge is 0.205 e. The Morgan fingerprint density at radius 3 is 3.12 bits per heavy atom. The molecule has 5 nitrogen and oxygen atoms in total. The summed E-state index contributed by atoms with van der Waals surface area (Å²) in [6.07, 6.45) is 2.39. The third-order valence-electron chi connectivity index (χ3n) is 2.99. The molecular formula is C10H15N3O2S. The fourth-order valence-corrected chi connectivity index (χ4v) is 2.65. The number of aliphatic hydroxyl groups is 1. The molecule has 1 saturated carbocycles. The molecule has 1 aromatic heterocycles. The number of aliphatic hydroxyl groups excluding tert-OH is 1. The molecule has 0 aromatic carbocycles. The number of hydrogen-bond donors (Lipinski definition) is 1. The number of nitrogens with zero attached hydrogens (tertiary/aromatic N) is 3. The van der Waals surface area contributed by atoms with Gasteiger partial charge in [0.15, 0.2) is 0 Å². The van der Waals surface area contributed by atoms with Crippen LogP contribution in [0.25, 0.3) is 0 Å². The average molecular weight is 241 g/mol. The molecule has 0 radical (unpaired) electrons. The molecule has 2 fully saturated rings. The molecule has 2 heterocycles. The molecule has 1 aliphatic carbocycles. The normalized spacial score (nSPS) is 26.1. The number of ether oxygens (including phenoxy) is 1. The summed E-state index contributed by atoms with van der Waals surface area (Å²) >= 11 is 1.46. The molecule has 1 atom stereocenters. The monoisotopic (exact) mass is 241 g/mol. The number of rotatable bonds is 3. The molecule has 88 valence electrons. The van der Waals surface area contributed by atoms with Gasteiger partial charge in [0.2, 0.25) is 5.13 Å². The van der Waals surface area contributed by atoms with Crippen molar-refractivity contribution in [3.8, 4) is 0 Å². The number of hydrogen-bond acceptors (Lipinski definition) is 6. The Bertz CT molecular complexity index is 367. The molecule has 0 bridgehead atoms. The first kappa shape index (κ1) is 10.4. The van der Waals surface area contributed by atoms with Crippen LogP contribution in [0, 0.1) is 0 Å². The van der Waals surface area contributed by atoms with Crippen LogP contribution in [-0.4, -0.2) is 46.9 Å². The van der Waals surface area contributed by atoms with Crippen molar-refractivity contribution in [2.75, 3.05) is 31.2 Å². The molecule has 6 heteroatoms. The maximum absolute atomic E-state index is 9.07. The van der Waals surface area contributed by atoms with Gasteiger partial charge in [0, 0.05) is 30.5 Å². The lowest BCUT2D eigenvalue weighted by Crippen LogP contribution is -2.44. The zero-order valence-electron chi connectivity index (χ0n) is 9.00. The Kier molecular flexibility index (Phi) is 2.79. The molecule has 1 aromatic rings. The van der Waals surface area contributed by atoms with Gasteiger partial charge in [-0.1, -0.05) is 0 Å². The molecule has 1 N–H and O–H groups in total. The van der Waals surface area contributed by atoms with Crippen LogP contribution in [0.15, 0.2) is 0 Å². The van der Waals surface area contributed by atoms with Crippen LogP contribution in [0.5, 0.6) is 0 Å². The number of morpholine rings is 1. The minimum Gasteiger partial charge on any atom is -0.394 e. The van der Waals surface area contributed by atoms with E-state index in [-0.39, 0.29) is 12.7 Å². The summed E-state index contributed by atoms with van der Waals surface area (Å²) < 4.78 is 9.80. The molecule has 16 heavy (non-hydrogen) atoms. The summed E-state index contributed by atoms with van der Waals surface area (Å²) in [6.45, 7) is 2.29. The topological polar surface area (TPSA) is 58.5 Å². The van der Waals surface area contributed by atoms with Gasteiger partial charge >= 0.3 is 0 Å². The lowest BCUT2D eigenvalue weighted by Gasteiger charge is -2.31. The van der Waals surface area contributed by atoms with Crippen LogP contribution in [0.2, 0.25) is 0 Å². The highest BCUT2D eigenvalue weighted by Crippen LogP contribution is 2.39. The van der Waals surface area contributed by atoms with E-state index in [1.54, 1.807) is 0 Å². The SMILES string of the molecule is OCC1CN(c2nc(C3CC3)ns2)CCO1. The van der Waals surface area contributed by atoms with Crippen molar-refractivity contribution in [1.82, 2.24) is 9.36 Å². The second kappa shape index (κ2) is 4.27. The zero-order valence-corrected chi connectivity index (χ0v) is 9.82. The Labute approximate surface area is 98.2 Å². The predicted octanol–water partition coefficient (Wildman–Crippen LogP) is 0.613. The van der Waals surface area contributed by atoms with E-state index in [0.29, 0.717) is 12.5 Å². The minimum atomic E-state index is -0.0815. The fraction of sp³-hybridized carbons (Fsp3) is 0.800. The van der Waals surface area contributed by atoms with Crippen molar-refractivity contribution in [3.63, 3.8) is 0 Å². The van der Waals surface area contributed by atoms with Crippen molar-refractivity contribution >= 4 is 16.7 Å². The molecule has 1 unspecified atom stereocenters. The van der Waals surface area contributed by atoms with Crippen LogP contribution in [0.3, 0.4) is 0 Å². The lowest BCUT2D eigenvalue weighted by atomic mass is 10.3. The molecule has 1 aliphatic heterocycles. The summed E-state index contributed by atoms with van der Waals surface area (Å²) in [4.78, 5) is 6.72. The zero-order chi connectivity index (χ0) is 11.0. The van der Waals surface area contributed by atoms with E-state index >= 15 is 0 Å². The summed E-state index contributed by atoms with van der Waals surface area (Å²) in [7, 11) is 0. The maximum Gasteiger partial charge on any atom is 0.205 e. The molecule has 0 amide bonds. The van der Waals surface area contributed by atoms with Gasteiger partial charge in [0.1, 0.15) is 5.82 Å². The van der Waals surface area contributed by atoms with E-state index in [0.717, 1.165) is 24.0 Å². The first-order valence-electron chi connectivity index (χ1n) is 5.68. The predicted molar refractivity (Wildman–Crippen MR) is 60.9 cm³/mol. The first-order valence-corrected chi connectivity index (χ1v) is 6.45. The summed E-state index contributed by atoms with van der Waals surface area (Å²) in [5.41, 5.74) is 0. The van der Waals surface area contributed by atoms with Crippen molar-refractivity contribution in [2.45, 2.75) is 24.9 Å². The number of anilines is 1. The van der Waals surface area contributed by atoms with Gasteiger partial charge in [-0.25, -0.2) is 4.98 Å². The molecule has 3 rings (SSSR count). The van der Waals surface area contributed by atoms with Crippen molar-refractivity contribution in [2.24, 2.45) is 0 Å². The van der Waals surface area contributed by atoms with Crippen LogP contribution < -0.4 is 4.90 Å². The van der Waals surface area contributed by atoms with E-state index in [4.69, 9.17) is 9.84 Å². The van der Waals surface area contributed by atoms with Crippen molar-refractivity contribution < 1.29 is 9.84 Å². The van der Waals surface area contributed by atoms with Gasteiger partial charge in [-0.2, -0.15) is 4.37 Å².